The number of nitrogens with zero attached hydrogens (tertiary/aromatic N) is 3. The fraction of sp³-hybridized carbons (Fsp3) is 0.286. The summed E-state index contributed by atoms with van der Waals surface area (Å²) < 4.78 is 11.0. The van der Waals surface area contributed by atoms with Gasteiger partial charge >= 0.3 is 0 Å². The Morgan fingerprint density at radius 1 is 1.36 bits per heavy atom. The average Bonchev–Trinajstić information content (AvgIpc) is 3.13. The van der Waals surface area contributed by atoms with E-state index in [1.807, 2.05) is 25.3 Å². The van der Waals surface area contributed by atoms with Gasteiger partial charge in [0.25, 0.3) is 0 Å². The molecule has 1 atom stereocenters. The minimum Gasteiger partial charge on any atom is -0.496 e. The lowest BCUT2D eigenvalue weighted by Crippen LogP contribution is -2.26. The molecule has 0 aliphatic carbocycles. The van der Waals surface area contributed by atoms with Crippen molar-refractivity contribution in [3.05, 3.63) is 73.9 Å². The molecule has 6 nitrogen and oxygen atoms in total. The van der Waals surface area contributed by atoms with Crippen molar-refractivity contribution in [2.75, 3.05) is 20.8 Å². The van der Waals surface area contributed by atoms with Crippen LogP contribution in [-0.4, -0.2) is 25.8 Å². The molecule has 7 heteroatoms. The van der Waals surface area contributed by atoms with E-state index in [4.69, 9.17) is 16.0 Å². The zero-order chi connectivity index (χ0) is 20.3. The van der Waals surface area contributed by atoms with Gasteiger partial charge in [-0.2, -0.15) is 5.26 Å². The number of rotatable bonds is 5. The second-order valence-corrected chi connectivity index (χ2v) is 7.23. The molecule has 1 N–H and O–H groups in total. The third-order valence-corrected chi connectivity index (χ3v) is 5.54. The van der Waals surface area contributed by atoms with Crippen LogP contribution in [0.2, 0.25) is 0 Å². The molecule has 0 saturated heterocycles. The van der Waals surface area contributed by atoms with Gasteiger partial charge in [0, 0.05) is 35.2 Å². The number of methoxy groups -OCH3 is 2. The Kier molecular flexibility index (Phi) is 5.79. The van der Waals surface area contributed by atoms with E-state index in [1.165, 1.54) is 11.3 Å². The normalized spacial score (nSPS) is 16.4. The van der Waals surface area contributed by atoms with Gasteiger partial charge < -0.3 is 14.8 Å². The van der Waals surface area contributed by atoms with Gasteiger partial charge in [0.05, 0.1) is 37.8 Å². The van der Waals surface area contributed by atoms with E-state index < -0.39 is 0 Å². The third kappa shape index (κ3) is 3.50. The molecule has 0 fully saturated rings. The monoisotopic (exact) mass is 392 g/mol. The third-order valence-electron chi connectivity index (χ3n) is 4.54. The molecular weight excluding hydrogens is 372 g/mol. The molecule has 2 heterocycles. The number of hydrogen-bond acceptors (Lipinski definition) is 6. The van der Waals surface area contributed by atoms with Gasteiger partial charge in [-0.25, -0.2) is 9.83 Å². The molecule has 1 unspecified atom stereocenters. The fourth-order valence-corrected chi connectivity index (χ4v) is 4.24. The number of thiazole rings is 1. The van der Waals surface area contributed by atoms with Crippen molar-refractivity contribution < 1.29 is 9.47 Å². The Hall–Kier alpha value is -3.13. The molecule has 0 amide bonds. The van der Waals surface area contributed by atoms with E-state index >= 15 is 0 Å². The lowest BCUT2D eigenvalue weighted by atomic mass is 9.83. The zero-order valence-corrected chi connectivity index (χ0v) is 17.0. The van der Waals surface area contributed by atoms with Crippen LogP contribution in [0.15, 0.2) is 40.7 Å². The van der Waals surface area contributed by atoms with E-state index in [0.29, 0.717) is 23.6 Å². The highest BCUT2D eigenvalue weighted by Crippen LogP contribution is 2.47. The van der Waals surface area contributed by atoms with E-state index in [0.717, 1.165) is 33.2 Å². The average molecular weight is 392 g/mol. The van der Waals surface area contributed by atoms with E-state index in [9.17, 15) is 5.26 Å². The van der Waals surface area contributed by atoms with Crippen LogP contribution in [0.5, 0.6) is 5.75 Å². The Morgan fingerprint density at radius 2 is 2.14 bits per heavy atom. The summed E-state index contributed by atoms with van der Waals surface area (Å²) in [6.45, 7) is 12.0. The largest absolute Gasteiger partial charge is 0.496 e. The van der Waals surface area contributed by atoms with Crippen molar-refractivity contribution in [1.82, 2.24) is 10.3 Å². The molecule has 28 heavy (non-hydrogen) atoms. The van der Waals surface area contributed by atoms with Gasteiger partial charge in [-0.1, -0.05) is 6.07 Å². The Bertz CT molecular complexity index is 1050. The van der Waals surface area contributed by atoms with Crippen LogP contribution < -0.4 is 10.1 Å². The number of ether oxygens (including phenoxy) is 2. The van der Waals surface area contributed by atoms with Gasteiger partial charge in [0.2, 0.25) is 0 Å². The van der Waals surface area contributed by atoms with E-state index in [-0.39, 0.29) is 5.92 Å². The van der Waals surface area contributed by atoms with Crippen LogP contribution in [0.4, 0.5) is 0 Å². The van der Waals surface area contributed by atoms with Crippen LogP contribution in [0, 0.1) is 24.8 Å². The number of nitrogens with one attached hydrogen (secondary N) is 1. The van der Waals surface area contributed by atoms with Crippen molar-refractivity contribution in [2.45, 2.75) is 19.8 Å². The van der Waals surface area contributed by atoms with Gasteiger partial charge in [-0.15, -0.1) is 11.3 Å². The standard InChI is InChI=1S/C21H20N4O2S/c1-12-11-28-21(24-12)19-16(10-26-4)25-13(2)20(23-3)18(19)15-7-6-14(9-22)8-17(15)27-5/h6-8,11,18,25H,10H2,1-2,4-5H3. The first-order valence-corrected chi connectivity index (χ1v) is 9.49. The Labute approximate surface area is 168 Å². The summed E-state index contributed by atoms with van der Waals surface area (Å²) in [7, 11) is 3.21. The SMILES string of the molecule is [C-]#[N+]C1=C(C)NC(COC)=C(c2nc(C)cs2)C1c1ccc(C#N)cc1OC. The lowest BCUT2D eigenvalue weighted by molar-refractivity contribution is 0.221. The minimum atomic E-state index is -0.364. The van der Waals surface area contributed by atoms with Crippen LogP contribution in [0.1, 0.15) is 34.7 Å². The quantitative estimate of drug-likeness (QED) is 0.771. The molecule has 3 rings (SSSR count). The van der Waals surface area contributed by atoms with Crippen LogP contribution in [0.25, 0.3) is 10.4 Å². The predicted octanol–water partition coefficient (Wildman–Crippen LogP) is 4.23. The number of hydrogen-bond donors (Lipinski definition) is 1. The summed E-state index contributed by atoms with van der Waals surface area (Å²) in [4.78, 5) is 8.50. The van der Waals surface area contributed by atoms with Crippen molar-refractivity contribution in [3.63, 3.8) is 0 Å². The summed E-state index contributed by atoms with van der Waals surface area (Å²) in [5.74, 6) is 0.208. The maximum absolute atomic E-state index is 9.24. The molecule has 0 saturated carbocycles. The summed E-state index contributed by atoms with van der Waals surface area (Å²) >= 11 is 1.54. The number of nitriles is 1. The number of benzene rings is 1. The maximum atomic E-state index is 9.24. The number of allylic oxidation sites excluding steroid dienone is 2. The first-order valence-electron chi connectivity index (χ1n) is 8.61. The predicted molar refractivity (Wildman–Crippen MR) is 109 cm³/mol. The van der Waals surface area contributed by atoms with E-state index in [2.05, 4.69) is 21.2 Å². The highest BCUT2D eigenvalue weighted by molar-refractivity contribution is 7.10. The number of aromatic nitrogens is 1. The molecule has 1 aliphatic rings. The highest BCUT2D eigenvalue weighted by Gasteiger charge is 2.35. The molecule has 1 aliphatic heterocycles. The van der Waals surface area contributed by atoms with Gasteiger partial charge in [-0.05, 0) is 31.5 Å². The first kappa shape index (κ1) is 19.6. The summed E-state index contributed by atoms with van der Waals surface area (Å²) in [5, 5.41) is 15.4. The van der Waals surface area contributed by atoms with E-state index in [1.54, 1.807) is 26.4 Å². The van der Waals surface area contributed by atoms with Gasteiger partial charge in [0.1, 0.15) is 10.8 Å². The molecule has 0 bridgehead atoms. The van der Waals surface area contributed by atoms with Crippen molar-refractivity contribution >= 4 is 16.9 Å². The molecule has 142 valence electrons. The molecule has 0 radical (unpaired) electrons. The van der Waals surface area contributed by atoms with Crippen molar-refractivity contribution in [1.29, 1.82) is 5.26 Å². The second kappa shape index (κ2) is 8.26. The molecule has 0 spiro atoms. The summed E-state index contributed by atoms with van der Waals surface area (Å²) in [6.07, 6.45) is 0. The first-order chi connectivity index (χ1) is 13.5. The summed E-state index contributed by atoms with van der Waals surface area (Å²) in [5.41, 5.74) is 5.38. The van der Waals surface area contributed by atoms with Gasteiger partial charge in [-0.3, -0.25) is 0 Å². The topological polar surface area (TPSA) is 71.5 Å². The van der Waals surface area contributed by atoms with Crippen LogP contribution >= 0.6 is 11.3 Å². The van der Waals surface area contributed by atoms with Gasteiger partial charge in [0.15, 0.2) is 5.70 Å². The second-order valence-electron chi connectivity index (χ2n) is 6.37. The van der Waals surface area contributed by atoms with Crippen molar-refractivity contribution in [2.24, 2.45) is 0 Å². The number of dihydropyridines is 1. The molecule has 1 aromatic carbocycles. The number of aryl methyl sites for hydroxylation is 1. The lowest BCUT2D eigenvalue weighted by Gasteiger charge is -2.30. The maximum Gasteiger partial charge on any atom is 0.195 e. The van der Waals surface area contributed by atoms with Crippen LogP contribution in [-0.2, 0) is 4.74 Å². The smallest absolute Gasteiger partial charge is 0.195 e. The minimum absolute atomic E-state index is 0.364. The Morgan fingerprint density at radius 3 is 2.71 bits per heavy atom. The zero-order valence-electron chi connectivity index (χ0n) is 16.2. The fourth-order valence-electron chi connectivity index (χ4n) is 3.34. The molecule has 2 aromatic rings. The highest BCUT2D eigenvalue weighted by atomic mass is 32.1. The van der Waals surface area contributed by atoms with Crippen LogP contribution in [0.3, 0.4) is 0 Å². The van der Waals surface area contributed by atoms with Crippen molar-refractivity contribution in [3.8, 4) is 11.8 Å². The molecule has 1 aromatic heterocycles. The summed E-state index contributed by atoms with van der Waals surface area (Å²) in [6, 6.07) is 7.44. The molecular formula is C21H20N4O2S. The Balaban J connectivity index is 2.30.